The number of nitrogens with two attached hydrogens (primary N) is 1. The first-order chi connectivity index (χ1) is 23.6. The van der Waals surface area contributed by atoms with Gasteiger partial charge in [-0.3, -0.25) is 19.2 Å². The number of likely N-dealkylation sites (tertiary alicyclic amines) is 1. The van der Waals surface area contributed by atoms with Crippen LogP contribution in [-0.4, -0.2) is 71.1 Å². The van der Waals surface area contributed by atoms with Gasteiger partial charge in [-0.1, -0.05) is 103 Å². The SMILES string of the molecule is CC(C)[C@@H]1C[C@@H](C(=O)NC(CC2CCC2)C(=O)C(N)=O)N(C(=O)[C@@H](NC(=O)N[C@H](C(=O)OCc2ccccc2)C2CCCCC2)C(C)(C)C)C1. The molecular weight excluding hydrogens is 638 g/mol. The van der Waals surface area contributed by atoms with Crippen LogP contribution >= 0.6 is 0 Å². The number of nitrogens with zero attached hydrogens (tertiary/aromatic N) is 1. The van der Waals surface area contributed by atoms with Crippen molar-refractivity contribution in [2.24, 2.45) is 34.8 Å². The highest BCUT2D eigenvalue weighted by atomic mass is 16.5. The van der Waals surface area contributed by atoms with Gasteiger partial charge in [-0.2, -0.15) is 0 Å². The molecule has 1 aliphatic heterocycles. The zero-order valence-electron chi connectivity index (χ0n) is 30.4. The fraction of sp³-hybridized carbons (Fsp3) is 0.684. The molecular formula is C38H57N5O7. The van der Waals surface area contributed by atoms with Crippen molar-refractivity contribution in [1.29, 1.82) is 0 Å². The van der Waals surface area contributed by atoms with E-state index in [0.717, 1.165) is 56.9 Å². The lowest BCUT2D eigenvalue weighted by Crippen LogP contribution is -2.61. The number of ether oxygens (including phenoxy) is 1. The first-order valence-corrected chi connectivity index (χ1v) is 18.4. The molecule has 12 nitrogen and oxygen atoms in total. The molecule has 5 atom stereocenters. The van der Waals surface area contributed by atoms with Crippen molar-refractivity contribution in [3.8, 4) is 0 Å². The van der Waals surface area contributed by atoms with Gasteiger partial charge >= 0.3 is 12.0 Å². The van der Waals surface area contributed by atoms with Crippen molar-refractivity contribution >= 4 is 35.5 Å². The van der Waals surface area contributed by atoms with Crippen LogP contribution in [0.5, 0.6) is 0 Å². The number of hydrogen-bond acceptors (Lipinski definition) is 7. The highest BCUT2D eigenvalue weighted by Crippen LogP contribution is 2.34. The van der Waals surface area contributed by atoms with Gasteiger partial charge in [-0.15, -0.1) is 0 Å². The maximum absolute atomic E-state index is 14.4. The van der Waals surface area contributed by atoms with Crippen LogP contribution in [0.15, 0.2) is 30.3 Å². The normalized spacial score (nSPS) is 21.8. The van der Waals surface area contributed by atoms with E-state index in [4.69, 9.17) is 10.5 Å². The van der Waals surface area contributed by atoms with E-state index in [9.17, 15) is 28.8 Å². The summed E-state index contributed by atoms with van der Waals surface area (Å²) in [4.78, 5) is 81.5. The number of ketones is 1. The van der Waals surface area contributed by atoms with Crippen LogP contribution in [0.2, 0.25) is 0 Å². The van der Waals surface area contributed by atoms with E-state index in [2.05, 4.69) is 16.0 Å². The average Bonchev–Trinajstić information content (AvgIpc) is 3.52. The second-order valence-corrected chi connectivity index (χ2v) is 16.0. The molecule has 1 unspecified atom stereocenters. The molecule has 2 aliphatic carbocycles. The predicted octanol–water partition coefficient (Wildman–Crippen LogP) is 4.00. The molecule has 1 aromatic rings. The number of hydrogen-bond donors (Lipinski definition) is 4. The number of esters is 1. The maximum Gasteiger partial charge on any atom is 0.329 e. The standard InChI is InChI=1S/C38H57N5O7/c1-23(2)27-20-29(34(46)40-28(31(44)33(39)45)19-24-15-12-16-24)43(21-27)35(47)32(38(3,4)5)42-37(49)41-30(26-17-10-7-11-18-26)36(48)50-22-25-13-8-6-9-14-25/h6,8-9,13-14,23-24,26-30,32H,7,10-12,15-22H2,1-5H3,(H2,39,45)(H,40,46)(H2,41,42,49)/t27-,28?,29+,30+,32-/m1/s1. The third kappa shape index (κ3) is 10.3. The smallest absolute Gasteiger partial charge is 0.329 e. The third-order valence-corrected chi connectivity index (χ3v) is 10.8. The summed E-state index contributed by atoms with van der Waals surface area (Å²) in [5, 5.41) is 8.48. The highest BCUT2D eigenvalue weighted by Gasteiger charge is 2.46. The lowest BCUT2D eigenvalue weighted by Gasteiger charge is -2.36. The molecule has 276 valence electrons. The Morgan fingerprint density at radius 1 is 0.880 bits per heavy atom. The fourth-order valence-corrected chi connectivity index (χ4v) is 7.36. The van der Waals surface area contributed by atoms with Crippen LogP contribution in [0.3, 0.4) is 0 Å². The van der Waals surface area contributed by atoms with Crippen molar-refractivity contribution in [1.82, 2.24) is 20.9 Å². The van der Waals surface area contributed by atoms with Gasteiger partial charge in [0.2, 0.25) is 17.6 Å². The van der Waals surface area contributed by atoms with Gasteiger partial charge in [-0.25, -0.2) is 9.59 Å². The number of benzene rings is 1. The topological polar surface area (TPSA) is 177 Å². The maximum atomic E-state index is 14.4. The molecule has 0 aromatic heterocycles. The second kappa shape index (κ2) is 17.3. The number of primary amides is 1. The Balaban J connectivity index is 1.51. The van der Waals surface area contributed by atoms with Crippen molar-refractivity contribution < 1.29 is 33.5 Å². The lowest BCUT2D eigenvalue weighted by atomic mass is 9.80. The molecule has 12 heteroatoms. The van der Waals surface area contributed by atoms with E-state index in [1.165, 1.54) is 4.90 Å². The second-order valence-electron chi connectivity index (χ2n) is 16.0. The van der Waals surface area contributed by atoms with Crippen LogP contribution < -0.4 is 21.7 Å². The average molecular weight is 696 g/mol. The minimum absolute atomic E-state index is 0.00358. The van der Waals surface area contributed by atoms with Crippen molar-refractivity contribution in [2.75, 3.05) is 6.54 Å². The van der Waals surface area contributed by atoms with Crippen molar-refractivity contribution in [2.45, 2.75) is 130 Å². The molecule has 4 rings (SSSR count). The Bertz CT molecular complexity index is 1370. The van der Waals surface area contributed by atoms with Gasteiger partial charge in [0, 0.05) is 6.54 Å². The summed E-state index contributed by atoms with van der Waals surface area (Å²) in [5.74, 6) is -3.16. The van der Waals surface area contributed by atoms with Crippen molar-refractivity contribution in [3.63, 3.8) is 0 Å². The molecule has 2 saturated carbocycles. The van der Waals surface area contributed by atoms with Gasteiger partial charge in [0.05, 0.1) is 6.04 Å². The Morgan fingerprint density at radius 3 is 2.10 bits per heavy atom. The van der Waals surface area contributed by atoms with E-state index in [0.29, 0.717) is 12.8 Å². The molecule has 0 spiro atoms. The van der Waals surface area contributed by atoms with Crippen molar-refractivity contribution in [3.05, 3.63) is 35.9 Å². The number of rotatable bonds is 14. The molecule has 1 heterocycles. The van der Waals surface area contributed by atoms with E-state index in [1.807, 2.05) is 65.0 Å². The molecule has 1 aromatic carbocycles. The zero-order chi connectivity index (χ0) is 36.6. The van der Waals surface area contributed by atoms with E-state index >= 15 is 0 Å². The first-order valence-electron chi connectivity index (χ1n) is 18.4. The Hall–Kier alpha value is -3.96. The molecule has 1 saturated heterocycles. The van der Waals surface area contributed by atoms with Crippen LogP contribution in [-0.2, 0) is 35.3 Å². The number of Topliss-reactive ketones (excluding diaryl/α,β-unsaturated/α-hetero) is 1. The third-order valence-electron chi connectivity index (χ3n) is 10.8. The quantitative estimate of drug-likeness (QED) is 0.168. The largest absolute Gasteiger partial charge is 0.459 e. The molecule has 3 fully saturated rings. The molecule has 3 aliphatic rings. The monoisotopic (exact) mass is 695 g/mol. The predicted molar refractivity (Wildman–Crippen MR) is 188 cm³/mol. The Morgan fingerprint density at radius 2 is 1.54 bits per heavy atom. The molecule has 0 radical (unpaired) electrons. The van der Waals surface area contributed by atoms with Crippen LogP contribution in [0, 0.1) is 29.1 Å². The minimum Gasteiger partial charge on any atom is -0.459 e. The summed E-state index contributed by atoms with van der Waals surface area (Å²) in [6.45, 7) is 9.91. The van der Waals surface area contributed by atoms with Gasteiger partial charge in [0.15, 0.2) is 0 Å². The zero-order valence-corrected chi connectivity index (χ0v) is 30.4. The van der Waals surface area contributed by atoms with Gasteiger partial charge in [0.25, 0.3) is 5.91 Å². The number of carbonyl (C=O) groups is 6. The van der Waals surface area contributed by atoms with Crippen LogP contribution in [0.25, 0.3) is 0 Å². The molecule has 0 bridgehead atoms. The summed E-state index contributed by atoms with van der Waals surface area (Å²) >= 11 is 0. The van der Waals surface area contributed by atoms with Gasteiger partial charge in [0.1, 0.15) is 24.7 Å². The first kappa shape index (κ1) is 38.8. The minimum atomic E-state index is -1.10. The summed E-state index contributed by atoms with van der Waals surface area (Å²) < 4.78 is 5.66. The highest BCUT2D eigenvalue weighted by molar-refractivity contribution is 6.37. The lowest BCUT2D eigenvalue weighted by molar-refractivity contribution is -0.149. The number of nitrogens with one attached hydrogen (secondary N) is 3. The molecule has 5 N–H and O–H groups in total. The van der Waals surface area contributed by atoms with Crippen LogP contribution in [0.4, 0.5) is 4.79 Å². The summed E-state index contributed by atoms with van der Waals surface area (Å²) in [5.41, 5.74) is 5.40. The van der Waals surface area contributed by atoms with Crippen LogP contribution in [0.1, 0.15) is 104 Å². The Kier molecular flexibility index (Phi) is 13.4. The molecule has 50 heavy (non-hydrogen) atoms. The number of urea groups is 1. The summed E-state index contributed by atoms with van der Waals surface area (Å²) in [7, 11) is 0. The summed E-state index contributed by atoms with van der Waals surface area (Å²) in [6.07, 6.45) is 8.05. The summed E-state index contributed by atoms with van der Waals surface area (Å²) in [6, 6.07) is 4.77. The molecule has 5 amide bonds. The van der Waals surface area contributed by atoms with Gasteiger partial charge in [-0.05, 0) is 60.3 Å². The number of amides is 5. The fourth-order valence-electron chi connectivity index (χ4n) is 7.36. The van der Waals surface area contributed by atoms with E-state index < -0.39 is 65.1 Å². The number of carbonyl (C=O) groups excluding carboxylic acids is 6. The Labute approximate surface area is 296 Å². The van der Waals surface area contributed by atoms with E-state index in [1.54, 1.807) is 0 Å². The van der Waals surface area contributed by atoms with Gasteiger partial charge < -0.3 is 31.3 Å². The van der Waals surface area contributed by atoms with E-state index in [-0.39, 0.29) is 36.8 Å².